The second kappa shape index (κ2) is 7.96. The van der Waals surface area contributed by atoms with Crippen LogP contribution >= 0.6 is 34.2 Å². The summed E-state index contributed by atoms with van der Waals surface area (Å²) in [6.07, 6.45) is 0. The Morgan fingerprint density at radius 1 is 1.50 bits per heavy atom. The molecule has 1 amide bonds. The fraction of sp³-hybridized carbons (Fsp3) is 0.462. The first kappa shape index (κ1) is 15.7. The minimum absolute atomic E-state index is 0.116. The summed E-state index contributed by atoms with van der Waals surface area (Å²) in [5.41, 5.74) is 0.604. The third kappa shape index (κ3) is 5.54. The van der Waals surface area contributed by atoms with Gasteiger partial charge in [0.05, 0.1) is 12.2 Å². The van der Waals surface area contributed by atoms with Gasteiger partial charge in [0, 0.05) is 21.7 Å². The zero-order chi connectivity index (χ0) is 13.5. The molecular formula is C13H17ClINO2. The van der Waals surface area contributed by atoms with Crippen molar-refractivity contribution in [3.63, 3.8) is 0 Å². The number of carbonyl (C=O) groups is 1. The average molecular weight is 382 g/mol. The molecule has 0 unspecified atom stereocenters. The molecule has 1 aromatic carbocycles. The Morgan fingerprint density at radius 3 is 2.89 bits per heavy atom. The summed E-state index contributed by atoms with van der Waals surface area (Å²) in [7, 11) is 0. The van der Waals surface area contributed by atoms with E-state index >= 15 is 0 Å². The summed E-state index contributed by atoms with van der Waals surface area (Å²) in [6.45, 7) is 5.93. The second-order valence-electron chi connectivity index (χ2n) is 4.35. The smallest absolute Gasteiger partial charge is 0.252 e. The van der Waals surface area contributed by atoms with Crippen LogP contribution in [0.4, 0.5) is 0 Å². The first-order valence-electron chi connectivity index (χ1n) is 5.81. The van der Waals surface area contributed by atoms with E-state index in [0.29, 0.717) is 36.3 Å². The van der Waals surface area contributed by atoms with E-state index < -0.39 is 0 Å². The van der Waals surface area contributed by atoms with Crippen LogP contribution in [0.5, 0.6) is 0 Å². The van der Waals surface area contributed by atoms with E-state index in [-0.39, 0.29) is 5.91 Å². The molecule has 0 fully saturated rings. The lowest BCUT2D eigenvalue weighted by Crippen LogP contribution is -2.28. The van der Waals surface area contributed by atoms with Gasteiger partial charge >= 0.3 is 0 Å². The molecule has 1 rings (SSSR count). The van der Waals surface area contributed by atoms with Gasteiger partial charge in [0.25, 0.3) is 5.91 Å². The molecule has 5 heteroatoms. The van der Waals surface area contributed by atoms with Crippen molar-refractivity contribution in [2.24, 2.45) is 5.92 Å². The first-order chi connectivity index (χ1) is 8.50. The SMILES string of the molecule is CC(C)COCCNC(=O)c1cc(Cl)ccc1I. The van der Waals surface area contributed by atoms with Gasteiger partial charge in [-0.3, -0.25) is 4.79 Å². The summed E-state index contributed by atoms with van der Waals surface area (Å²) in [4.78, 5) is 11.9. The maximum atomic E-state index is 11.9. The molecule has 0 aliphatic rings. The Labute approximate surface area is 126 Å². The summed E-state index contributed by atoms with van der Waals surface area (Å²) in [5.74, 6) is 0.393. The number of hydrogen-bond acceptors (Lipinski definition) is 2. The van der Waals surface area contributed by atoms with Crippen molar-refractivity contribution in [1.82, 2.24) is 5.32 Å². The molecule has 100 valence electrons. The van der Waals surface area contributed by atoms with Crippen LogP contribution in [0, 0.1) is 9.49 Å². The summed E-state index contributed by atoms with van der Waals surface area (Å²) < 4.78 is 6.28. The quantitative estimate of drug-likeness (QED) is 0.606. The molecule has 0 atom stereocenters. The number of carbonyl (C=O) groups excluding carboxylic acids is 1. The molecule has 18 heavy (non-hydrogen) atoms. The van der Waals surface area contributed by atoms with Crippen molar-refractivity contribution >= 4 is 40.1 Å². The maximum absolute atomic E-state index is 11.9. The third-order valence-electron chi connectivity index (χ3n) is 2.16. The fourth-order valence-corrected chi connectivity index (χ4v) is 2.08. The zero-order valence-corrected chi connectivity index (χ0v) is 13.4. The summed E-state index contributed by atoms with van der Waals surface area (Å²) in [5, 5.41) is 3.38. The van der Waals surface area contributed by atoms with Crippen LogP contribution in [0.1, 0.15) is 24.2 Å². The number of hydrogen-bond donors (Lipinski definition) is 1. The van der Waals surface area contributed by atoms with Gasteiger partial charge in [-0.1, -0.05) is 25.4 Å². The molecule has 0 heterocycles. The van der Waals surface area contributed by atoms with E-state index in [1.807, 2.05) is 6.07 Å². The molecule has 0 bridgehead atoms. The summed E-state index contributed by atoms with van der Waals surface area (Å²) >= 11 is 7.99. The van der Waals surface area contributed by atoms with E-state index in [0.717, 1.165) is 3.57 Å². The number of rotatable bonds is 6. The highest BCUT2D eigenvalue weighted by Gasteiger charge is 2.09. The largest absolute Gasteiger partial charge is 0.379 e. The Bertz CT molecular complexity index is 410. The number of ether oxygens (including phenoxy) is 1. The minimum atomic E-state index is -0.116. The fourth-order valence-electron chi connectivity index (χ4n) is 1.32. The Kier molecular flexibility index (Phi) is 6.96. The summed E-state index contributed by atoms with van der Waals surface area (Å²) in [6, 6.07) is 5.27. The molecule has 0 aromatic heterocycles. The Hall–Kier alpha value is -0.330. The van der Waals surface area contributed by atoms with Crippen LogP contribution < -0.4 is 5.32 Å². The lowest BCUT2D eigenvalue weighted by molar-refractivity contribution is 0.0885. The van der Waals surface area contributed by atoms with Gasteiger partial charge in [-0.05, 0) is 46.7 Å². The lowest BCUT2D eigenvalue weighted by atomic mass is 10.2. The van der Waals surface area contributed by atoms with E-state index in [9.17, 15) is 4.79 Å². The van der Waals surface area contributed by atoms with Gasteiger partial charge in [0.1, 0.15) is 0 Å². The highest BCUT2D eigenvalue weighted by molar-refractivity contribution is 14.1. The van der Waals surface area contributed by atoms with Crippen molar-refractivity contribution < 1.29 is 9.53 Å². The molecule has 0 saturated heterocycles. The number of amides is 1. The standard InChI is InChI=1S/C13H17ClINO2/c1-9(2)8-18-6-5-16-13(17)11-7-10(14)3-4-12(11)15/h3-4,7,9H,5-6,8H2,1-2H3,(H,16,17). The predicted molar refractivity (Wildman–Crippen MR) is 82.2 cm³/mol. The molecule has 0 radical (unpaired) electrons. The normalized spacial score (nSPS) is 10.7. The van der Waals surface area contributed by atoms with Crippen LogP contribution in [-0.4, -0.2) is 25.7 Å². The monoisotopic (exact) mass is 381 g/mol. The first-order valence-corrected chi connectivity index (χ1v) is 7.27. The van der Waals surface area contributed by atoms with Crippen molar-refractivity contribution in [2.75, 3.05) is 19.8 Å². The number of halogens is 2. The van der Waals surface area contributed by atoms with E-state index in [2.05, 4.69) is 41.8 Å². The van der Waals surface area contributed by atoms with Crippen LogP contribution in [-0.2, 0) is 4.74 Å². The van der Waals surface area contributed by atoms with Gasteiger partial charge in [-0.25, -0.2) is 0 Å². The van der Waals surface area contributed by atoms with Gasteiger partial charge in [-0.2, -0.15) is 0 Å². The predicted octanol–water partition coefficient (Wildman–Crippen LogP) is 3.35. The number of benzene rings is 1. The molecule has 1 aromatic rings. The maximum Gasteiger partial charge on any atom is 0.252 e. The molecular weight excluding hydrogens is 365 g/mol. The van der Waals surface area contributed by atoms with Crippen LogP contribution in [0.3, 0.4) is 0 Å². The van der Waals surface area contributed by atoms with Crippen LogP contribution in [0.15, 0.2) is 18.2 Å². The minimum Gasteiger partial charge on any atom is -0.379 e. The van der Waals surface area contributed by atoms with Crippen molar-refractivity contribution in [1.29, 1.82) is 0 Å². The number of nitrogens with one attached hydrogen (secondary N) is 1. The van der Waals surface area contributed by atoms with Gasteiger partial charge < -0.3 is 10.1 Å². The van der Waals surface area contributed by atoms with Gasteiger partial charge in [0.15, 0.2) is 0 Å². The zero-order valence-electron chi connectivity index (χ0n) is 10.5. The van der Waals surface area contributed by atoms with E-state index in [1.54, 1.807) is 12.1 Å². The molecule has 0 saturated carbocycles. The average Bonchev–Trinajstić information content (AvgIpc) is 2.31. The molecule has 1 N–H and O–H groups in total. The molecule has 0 aliphatic heterocycles. The molecule has 0 aliphatic carbocycles. The van der Waals surface area contributed by atoms with Crippen LogP contribution in [0.2, 0.25) is 5.02 Å². The molecule has 3 nitrogen and oxygen atoms in total. The highest BCUT2D eigenvalue weighted by atomic mass is 127. The van der Waals surface area contributed by atoms with Gasteiger partial charge in [-0.15, -0.1) is 0 Å². The topological polar surface area (TPSA) is 38.3 Å². The van der Waals surface area contributed by atoms with Crippen molar-refractivity contribution in [3.05, 3.63) is 32.4 Å². The van der Waals surface area contributed by atoms with Gasteiger partial charge in [0.2, 0.25) is 0 Å². The Morgan fingerprint density at radius 2 is 2.22 bits per heavy atom. The second-order valence-corrected chi connectivity index (χ2v) is 5.95. The third-order valence-corrected chi connectivity index (χ3v) is 3.33. The van der Waals surface area contributed by atoms with Crippen molar-refractivity contribution in [3.8, 4) is 0 Å². The van der Waals surface area contributed by atoms with Crippen molar-refractivity contribution in [2.45, 2.75) is 13.8 Å². The Balaban J connectivity index is 2.39. The van der Waals surface area contributed by atoms with E-state index in [4.69, 9.17) is 16.3 Å². The lowest BCUT2D eigenvalue weighted by Gasteiger charge is -2.09. The highest BCUT2D eigenvalue weighted by Crippen LogP contribution is 2.17. The van der Waals surface area contributed by atoms with E-state index in [1.165, 1.54) is 0 Å². The molecule has 0 spiro atoms. The van der Waals surface area contributed by atoms with Crippen LogP contribution in [0.25, 0.3) is 0 Å².